The van der Waals surface area contributed by atoms with Crippen LogP contribution in [0.15, 0.2) is 53.9 Å². The molecule has 0 bridgehead atoms. The standard InChI is InChI=1S/C20H18ClN5O3S/c1-11-15(21)3-2-4-16(11)26-6-5-24-20(26)30-10-17(27)25-14-8-12(18(22)28)7-13(9-14)19(23)29/h2-9H,10H2,1H3,(H2,22,28)(H2,23,29)(H,25,27). The minimum atomic E-state index is -0.734. The fraction of sp³-hybridized carbons (Fsp3) is 0.100. The second-order valence-electron chi connectivity index (χ2n) is 6.33. The van der Waals surface area contributed by atoms with Crippen LogP contribution in [0.5, 0.6) is 0 Å². The van der Waals surface area contributed by atoms with Crippen LogP contribution in [0.4, 0.5) is 5.69 Å². The zero-order chi connectivity index (χ0) is 21.8. The third kappa shape index (κ3) is 4.81. The van der Waals surface area contributed by atoms with Crippen LogP contribution in [0.1, 0.15) is 26.3 Å². The summed E-state index contributed by atoms with van der Waals surface area (Å²) in [5.41, 5.74) is 12.7. The molecule has 30 heavy (non-hydrogen) atoms. The van der Waals surface area contributed by atoms with Crippen molar-refractivity contribution in [1.29, 1.82) is 0 Å². The molecule has 10 heteroatoms. The summed E-state index contributed by atoms with van der Waals surface area (Å²) in [6.07, 6.45) is 3.42. The summed E-state index contributed by atoms with van der Waals surface area (Å²) in [5, 5.41) is 3.89. The number of hydrogen-bond donors (Lipinski definition) is 3. The Morgan fingerprint density at radius 1 is 1.13 bits per heavy atom. The van der Waals surface area contributed by atoms with Crippen molar-refractivity contribution in [2.45, 2.75) is 12.1 Å². The molecule has 1 aromatic heterocycles. The number of rotatable bonds is 7. The van der Waals surface area contributed by atoms with Gasteiger partial charge in [0, 0.05) is 34.2 Å². The van der Waals surface area contributed by atoms with Crippen LogP contribution < -0.4 is 16.8 Å². The number of nitrogens with one attached hydrogen (secondary N) is 1. The highest BCUT2D eigenvalue weighted by atomic mass is 35.5. The van der Waals surface area contributed by atoms with Gasteiger partial charge in [0.2, 0.25) is 17.7 Å². The Bertz CT molecular complexity index is 1110. The van der Waals surface area contributed by atoms with Gasteiger partial charge in [0.05, 0.1) is 11.4 Å². The zero-order valence-electron chi connectivity index (χ0n) is 15.9. The zero-order valence-corrected chi connectivity index (χ0v) is 17.5. The molecule has 0 fully saturated rings. The molecule has 2 aromatic carbocycles. The smallest absolute Gasteiger partial charge is 0.248 e. The van der Waals surface area contributed by atoms with E-state index in [2.05, 4.69) is 10.3 Å². The van der Waals surface area contributed by atoms with Crippen molar-refractivity contribution < 1.29 is 14.4 Å². The average molecular weight is 444 g/mol. The number of nitrogens with zero attached hydrogens (tertiary/aromatic N) is 2. The average Bonchev–Trinajstić information content (AvgIpc) is 3.16. The third-order valence-electron chi connectivity index (χ3n) is 4.22. The maximum Gasteiger partial charge on any atom is 0.248 e. The topological polar surface area (TPSA) is 133 Å². The van der Waals surface area contributed by atoms with E-state index >= 15 is 0 Å². The van der Waals surface area contributed by atoms with E-state index in [1.165, 1.54) is 30.0 Å². The number of nitrogens with two attached hydrogens (primary N) is 2. The van der Waals surface area contributed by atoms with Crippen LogP contribution in [-0.2, 0) is 4.79 Å². The lowest BCUT2D eigenvalue weighted by molar-refractivity contribution is -0.113. The van der Waals surface area contributed by atoms with Crippen molar-refractivity contribution in [3.05, 3.63) is 70.5 Å². The lowest BCUT2D eigenvalue weighted by Gasteiger charge is -2.12. The molecule has 0 spiro atoms. The van der Waals surface area contributed by atoms with E-state index < -0.39 is 11.8 Å². The van der Waals surface area contributed by atoms with Gasteiger partial charge in [0.15, 0.2) is 5.16 Å². The number of imidazole rings is 1. The minimum absolute atomic E-state index is 0.0450. The lowest BCUT2D eigenvalue weighted by atomic mass is 10.1. The first-order valence-corrected chi connectivity index (χ1v) is 10.1. The van der Waals surface area contributed by atoms with Gasteiger partial charge < -0.3 is 16.8 Å². The summed E-state index contributed by atoms with van der Waals surface area (Å²) in [6.45, 7) is 1.90. The Morgan fingerprint density at radius 3 is 2.43 bits per heavy atom. The Hall–Kier alpha value is -3.30. The quantitative estimate of drug-likeness (QED) is 0.483. The molecule has 0 aliphatic rings. The number of thioether (sulfide) groups is 1. The van der Waals surface area contributed by atoms with E-state index in [4.69, 9.17) is 23.1 Å². The molecule has 5 N–H and O–H groups in total. The monoisotopic (exact) mass is 443 g/mol. The summed E-state index contributed by atoms with van der Waals surface area (Å²) in [7, 11) is 0. The van der Waals surface area contributed by atoms with Gasteiger partial charge in [0.1, 0.15) is 0 Å². The number of anilines is 1. The molecule has 3 amide bonds. The molecule has 0 saturated carbocycles. The molecular weight excluding hydrogens is 426 g/mol. The number of primary amides is 2. The predicted molar refractivity (Wildman–Crippen MR) is 116 cm³/mol. The summed E-state index contributed by atoms with van der Waals surface area (Å²) >= 11 is 7.43. The highest BCUT2D eigenvalue weighted by Crippen LogP contribution is 2.26. The number of aromatic nitrogens is 2. The van der Waals surface area contributed by atoms with Gasteiger partial charge in [0.25, 0.3) is 0 Å². The highest BCUT2D eigenvalue weighted by Gasteiger charge is 2.14. The van der Waals surface area contributed by atoms with Crippen LogP contribution in [0, 0.1) is 6.92 Å². The van der Waals surface area contributed by atoms with Gasteiger partial charge in [-0.3, -0.25) is 19.0 Å². The first-order valence-electron chi connectivity index (χ1n) is 8.72. The normalized spacial score (nSPS) is 10.6. The van der Waals surface area contributed by atoms with Crippen molar-refractivity contribution in [1.82, 2.24) is 9.55 Å². The highest BCUT2D eigenvalue weighted by molar-refractivity contribution is 7.99. The van der Waals surface area contributed by atoms with Gasteiger partial charge in [-0.05, 0) is 42.8 Å². The molecule has 0 saturated heterocycles. The number of halogens is 1. The van der Waals surface area contributed by atoms with Crippen molar-refractivity contribution >= 4 is 46.8 Å². The second-order valence-corrected chi connectivity index (χ2v) is 7.68. The first kappa shape index (κ1) is 21.4. The van der Waals surface area contributed by atoms with E-state index in [0.29, 0.717) is 10.2 Å². The van der Waals surface area contributed by atoms with Gasteiger partial charge in [-0.15, -0.1) is 0 Å². The molecule has 0 atom stereocenters. The largest absolute Gasteiger partial charge is 0.366 e. The summed E-state index contributed by atoms with van der Waals surface area (Å²) in [4.78, 5) is 39.6. The number of amides is 3. The maximum atomic E-state index is 12.4. The Balaban J connectivity index is 1.74. The molecule has 0 radical (unpaired) electrons. The summed E-state index contributed by atoms with van der Waals surface area (Å²) in [5.74, 6) is -1.78. The van der Waals surface area contributed by atoms with Gasteiger partial charge in [-0.1, -0.05) is 29.4 Å². The van der Waals surface area contributed by atoms with Crippen molar-refractivity contribution in [3.63, 3.8) is 0 Å². The van der Waals surface area contributed by atoms with Crippen LogP contribution in [0.2, 0.25) is 5.02 Å². The number of benzene rings is 2. The molecule has 0 aliphatic carbocycles. The fourth-order valence-electron chi connectivity index (χ4n) is 2.75. The molecule has 8 nitrogen and oxygen atoms in total. The third-order valence-corrected chi connectivity index (χ3v) is 5.60. The van der Waals surface area contributed by atoms with E-state index in [1.54, 1.807) is 18.5 Å². The van der Waals surface area contributed by atoms with Crippen LogP contribution >= 0.6 is 23.4 Å². The molecule has 3 rings (SSSR count). The Kier molecular flexibility index (Phi) is 6.43. The number of carbonyl (C=O) groups is 3. The predicted octanol–water partition coefficient (Wildman–Crippen LogP) is 2.76. The SMILES string of the molecule is Cc1c(Cl)cccc1-n1ccnc1SCC(=O)Nc1cc(C(N)=O)cc(C(N)=O)c1. The van der Waals surface area contributed by atoms with E-state index in [-0.39, 0.29) is 28.5 Å². The summed E-state index contributed by atoms with van der Waals surface area (Å²) in [6, 6.07) is 9.60. The van der Waals surface area contributed by atoms with Crippen LogP contribution in [-0.4, -0.2) is 33.0 Å². The number of hydrogen-bond acceptors (Lipinski definition) is 5. The van der Waals surface area contributed by atoms with Crippen molar-refractivity contribution in [2.75, 3.05) is 11.1 Å². The lowest BCUT2D eigenvalue weighted by Crippen LogP contribution is -2.19. The van der Waals surface area contributed by atoms with Gasteiger partial charge in [-0.2, -0.15) is 0 Å². The van der Waals surface area contributed by atoms with Crippen molar-refractivity contribution in [3.8, 4) is 5.69 Å². The molecule has 1 heterocycles. The maximum absolute atomic E-state index is 12.4. The van der Waals surface area contributed by atoms with Gasteiger partial charge >= 0.3 is 0 Å². The first-order chi connectivity index (χ1) is 14.3. The van der Waals surface area contributed by atoms with Crippen LogP contribution in [0.25, 0.3) is 5.69 Å². The summed E-state index contributed by atoms with van der Waals surface area (Å²) < 4.78 is 1.85. The van der Waals surface area contributed by atoms with E-state index in [0.717, 1.165) is 11.3 Å². The second kappa shape index (κ2) is 9.02. The fourth-order valence-corrected chi connectivity index (χ4v) is 3.68. The van der Waals surface area contributed by atoms with Gasteiger partial charge in [-0.25, -0.2) is 4.98 Å². The molecule has 0 unspecified atom stereocenters. The Labute approximate surface area is 181 Å². The molecule has 0 aliphatic heterocycles. The molecule has 3 aromatic rings. The Morgan fingerprint density at radius 2 is 1.80 bits per heavy atom. The minimum Gasteiger partial charge on any atom is -0.366 e. The van der Waals surface area contributed by atoms with Crippen molar-refractivity contribution in [2.24, 2.45) is 11.5 Å². The van der Waals surface area contributed by atoms with E-state index in [9.17, 15) is 14.4 Å². The van der Waals surface area contributed by atoms with E-state index in [1.807, 2.05) is 23.6 Å². The number of carbonyl (C=O) groups excluding carboxylic acids is 3. The van der Waals surface area contributed by atoms with Crippen LogP contribution in [0.3, 0.4) is 0 Å². The molecular formula is C20H18ClN5O3S. The molecule has 154 valence electrons.